The molecule has 2 heterocycles. The number of nitrogens with zero attached hydrogens (tertiary/aromatic N) is 3. The molecule has 1 aromatic heterocycles. The van der Waals surface area contributed by atoms with Gasteiger partial charge in [0.05, 0.1) is 18.6 Å². The largest absolute Gasteiger partial charge is 0.361 e. The summed E-state index contributed by atoms with van der Waals surface area (Å²) in [5.41, 5.74) is 3.47. The van der Waals surface area contributed by atoms with Gasteiger partial charge in [0.1, 0.15) is 0 Å². The topological polar surface area (TPSA) is 69.3 Å². The van der Waals surface area contributed by atoms with Gasteiger partial charge in [-0.25, -0.2) is 13.4 Å². The van der Waals surface area contributed by atoms with E-state index in [-0.39, 0.29) is 19.1 Å². The number of imidazole rings is 1. The highest BCUT2D eigenvalue weighted by molar-refractivity contribution is 7.89. The van der Waals surface area contributed by atoms with Crippen LogP contribution in [0.3, 0.4) is 0 Å². The maximum Gasteiger partial charge on any atom is 0.350 e. The quantitative estimate of drug-likeness (QED) is 0.675. The molecule has 1 fully saturated rings. The third kappa shape index (κ3) is 4.77. The summed E-state index contributed by atoms with van der Waals surface area (Å²) < 4.78 is 52.8. The molecular weight excluding hydrogens is 422 g/mol. The summed E-state index contributed by atoms with van der Waals surface area (Å²) in [5.74, 6) is -2.79. The summed E-state index contributed by atoms with van der Waals surface area (Å²) in [6, 6.07) is 7.32. The number of para-hydroxylation sites is 1. The van der Waals surface area contributed by atoms with Gasteiger partial charge in [0.2, 0.25) is 0 Å². The second-order valence-electron chi connectivity index (χ2n) is 8.71. The first-order valence-electron chi connectivity index (χ1n) is 11.0. The van der Waals surface area contributed by atoms with Gasteiger partial charge in [0.15, 0.2) is 0 Å². The average Bonchev–Trinajstić information content (AvgIpc) is 3.37. The van der Waals surface area contributed by atoms with Crippen LogP contribution in [0.25, 0.3) is 0 Å². The Morgan fingerprint density at radius 2 is 1.94 bits per heavy atom. The lowest BCUT2D eigenvalue weighted by Gasteiger charge is -2.34. The van der Waals surface area contributed by atoms with Crippen LogP contribution in [0.1, 0.15) is 55.5 Å². The molecule has 0 spiro atoms. The van der Waals surface area contributed by atoms with E-state index in [4.69, 9.17) is 0 Å². The number of sulfonamides is 1. The fraction of sp³-hybridized carbons (Fsp3) is 0.591. The van der Waals surface area contributed by atoms with Crippen molar-refractivity contribution < 1.29 is 17.2 Å². The van der Waals surface area contributed by atoms with Crippen LogP contribution in [0.2, 0.25) is 0 Å². The summed E-state index contributed by atoms with van der Waals surface area (Å²) in [4.78, 5) is 9.70. The molecule has 1 atom stereocenters. The SMILES string of the molecule is Cc1[nH]cnc1CN1c2ccccc2CN(S(=O)(=O)C(F)F)C[C@H]1CCC1CCCC1. The smallest absolute Gasteiger partial charge is 0.350 e. The molecule has 0 saturated heterocycles. The maximum absolute atomic E-state index is 13.5. The van der Waals surface area contributed by atoms with Crippen molar-refractivity contribution in [1.29, 1.82) is 0 Å². The molecule has 31 heavy (non-hydrogen) atoms. The van der Waals surface area contributed by atoms with Gasteiger partial charge in [0, 0.05) is 30.5 Å². The predicted molar refractivity (Wildman–Crippen MR) is 116 cm³/mol. The number of aromatic nitrogens is 2. The van der Waals surface area contributed by atoms with E-state index in [1.165, 1.54) is 25.7 Å². The highest BCUT2D eigenvalue weighted by Crippen LogP contribution is 2.35. The van der Waals surface area contributed by atoms with Gasteiger partial charge in [-0.15, -0.1) is 0 Å². The highest BCUT2D eigenvalue weighted by Gasteiger charge is 2.38. The number of H-pyrrole nitrogens is 1. The van der Waals surface area contributed by atoms with Gasteiger partial charge in [0.25, 0.3) is 10.0 Å². The van der Waals surface area contributed by atoms with Crippen molar-refractivity contribution in [3.05, 3.63) is 47.5 Å². The molecule has 1 saturated carbocycles. The molecule has 2 aromatic rings. The average molecular weight is 453 g/mol. The second kappa shape index (κ2) is 9.24. The Morgan fingerprint density at radius 1 is 1.19 bits per heavy atom. The van der Waals surface area contributed by atoms with Gasteiger partial charge < -0.3 is 9.88 Å². The van der Waals surface area contributed by atoms with Crippen molar-refractivity contribution in [2.45, 2.75) is 70.3 Å². The zero-order chi connectivity index (χ0) is 22.0. The predicted octanol–water partition coefficient (Wildman–Crippen LogP) is 4.43. The number of fused-ring (bicyclic) bond motifs is 1. The van der Waals surface area contributed by atoms with Crippen molar-refractivity contribution in [1.82, 2.24) is 14.3 Å². The van der Waals surface area contributed by atoms with Crippen LogP contribution < -0.4 is 4.90 Å². The first-order chi connectivity index (χ1) is 14.9. The van der Waals surface area contributed by atoms with E-state index in [1.807, 2.05) is 31.2 Å². The lowest BCUT2D eigenvalue weighted by Crippen LogP contribution is -2.45. The lowest BCUT2D eigenvalue weighted by molar-refractivity contribution is 0.215. The molecule has 0 radical (unpaired) electrons. The van der Waals surface area contributed by atoms with Crippen LogP contribution in [0, 0.1) is 12.8 Å². The summed E-state index contributed by atoms with van der Waals surface area (Å²) >= 11 is 0. The number of aryl methyl sites for hydroxylation is 1. The third-order valence-corrected chi connectivity index (χ3v) is 8.17. The molecule has 9 heteroatoms. The number of nitrogens with one attached hydrogen (secondary N) is 1. The van der Waals surface area contributed by atoms with E-state index < -0.39 is 15.8 Å². The zero-order valence-corrected chi connectivity index (χ0v) is 18.6. The van der Waals surface area contributed by atoms with E-state index in [1.54, 1.807) is 6.33 Å². The van der Waals surface area contributed by atoms with E-state index in [2.05, 4.69) is 14.9 Å². The molecule has 1 aliphatic heterocycles. The molecule has 0 amide bonds. The molecule has 6 nitrogen and oxygen atoms in total. The molecule has 1 aromatic carbocycles. The number of halogens is 2. The third-order valence-electron chi connectivity index (χ3n) is 6.73. The Morgan fingerprint density at radius 3 is 2.61 bits per heavy atom. The number of hydrogen-bond donors (Lipinski definition) is 1. The Labute approximate surface area is 182 Å². The number of aromatic amines is 1. The van der Waals surface area contributed by atoms with Crippen molar-refractivity contribution in [2.24, 2.45) is 5.92 Å². The Kier molecular flexibility index (Phi) is 6.62. The van der Waals surface area contributed by atoms with Crippen LogP contribution in [0.4, 0.5) is 14.5 Å². The van der Waals surface area contributed by atoms with Crippen molar-refractivity contribution in [3.63, 3.8) is 0 Å². The summed E-state index contributed by atoms with van der Waals surface area (Å²) in [7, 11) is -4.68. The van der Waals surface area contributed by atoms with Crippen molar-refractivity contribution in [2.75, 3.05) is 11.4 Å². The van der Waals surface area contributed by atoms with Gasteiger partial charge >= 0.3 is 5.76 Å². The van der Waals surface area contributed by atoms with Crippen LogP contribution >= 0.6 is 0 Å². The number of alkyl halides is 2. The highest BCUT2D eigenvalue weighted by atomic mass is 32.2. The maximum atomic E-state index is 13.5. The monoisotopic (exact) mass is 452 g/mol. The molecule has 0 unspecified atom stereocenters. The number of benzene rings is 1. The van der Waals surface area contributed by atoms with E-state index in [0.29, 0.717) is 12.5 Å². The minimum absolute atomic E-state index is 0.0428. The Bertz CT molecular complexity index is 989. The van der Waals surface area contributed by atoms with Crippen LogP contribution in [0.5, 0.6) is 0 Å². The minimum atomic E-state index is -4.68. The van der Waals surface area contributed by atoms with E-state index in [9.17, 15) is 17.2 Å². The minimum Gasteiger partial charge on any atom is -0.361 e. The number of hydrogen-bond acceptors (Lipinski definition) is 4. The molecular formula is C22H30F2N4O2S. The molecule has 1 aliphatic carbocycles. The van der Waals surface area contributed by atoms with E-state index >= 15 is 0 Å². The van der Waals surface area contributed by atoms with Crippen LogP contribution in [0.15, 0.2) is 30.6 Å². The van der Waals surface area contributed by atoms with Gasteiger partial charge in [-0.05, 0) is 37.3 Å². The summed E-state index contributed by atoms with van der Waals surface area (Å²) in [6.45, 7) is 2.47. The Balaban J connectivity index is 1.70. The summed E-state index contributed by atoms with van der Waals surface area (Å²) in [5, 5.41) is 0. The van der Waals surface area contributed by atoms with Gasteiger partial charge in [-0.3, -0.25) is 0 Å². The van der Waals surface area contributed by atoms with Crippen molar-refractivity contribution >= 4 is 15.7 Å². The fourth-order valence-corrected chi connectivity index (χ4v) is 5.84. The molecule has 0 bridgehead atoms. The second-order valence-corrected chi connectivity index (χ2v) is 10.6. The van der Waals surface area contributed by atoms with Crippen LogP contribution in [-0.2, 0) is 23.1 Å². The summed E-state index contributed by atoms with van der Waals surface area (Å²) in [6.07, 6.45) is 8.25. The first kappa shape index (κ1) is 22.2. The number of rotatable bonds is 7. The zero-order valence-electron chi connectivity index (χ0n) is 17.8. The fourth-order valence-electron chi connectivity index (χ4n) is 4.91. The van der Waals surface area contributed by atoms with E-state index in [0.717, 1.165) is 39.8 Å². The van der Waals surface area contributed by atoms with Crippen LogP contribution in [-0.4, -0.2) is 41.0 Å². The molecule has 4 rings (SSSR count). The molecule has 170 valence electrons. The van der Waals surface area contributed by atoms with Crippen molar-refractivity contribution in [3.8, 4) is 0 Å². The van der Waals surface area contributed by atoms with Gasteiger partial charge in [-0.2, -0.15) is 13.1 Å². The first-order valence-corrected chi connectivity index (χ1v) is 12.5. The lowest BCUT2D eigenvalue weighted by atomic mass is 9.97. The normalized spacial score (nSPS) is 20.9. The molecule has 2 aliphatic rings. The van der Waals surface area contributed by atoms with Gasteiger partial charge in [-0.1, -0.05) is 43.9 Å². The number of anilines is 1. The molecule has 1 N–H and O–H groups in total. The standard InChI is InChI=1S/C22H30F2N4O2S/c1-16-20(26-15-25-16)14-28-19(11-10-17-6-2-3-7-17)13-27(31(29,30)22(23)24)12-18-8-4-5-9-21(18)28/h4-5,8-9,15,17,19,22H,2-3,6-7,10-14H2,1H3,(H,25,26)/t19-/m1/s1. The Hall–Kier alpha value is -2.00.